The number of nitrogens with one attached hydrogen (secondary N) is 2. The number of likely N-dealkylation sites (tertiary alicyclic amines) is 1. The number of rotatable bonds is 10. The van der Waals surface area contributed by atoms with Gasteiger partial charge in [-0.1, -0.05) is 0 Å². The molecule has 222 valence electrons. The van der Waals surface area contributed by atoms with Crippen LogP contribution in [0.1, 0.15) is 31.4 Å². The van der Waals surface area contributed by atoms with E-state index >= 15 is 0 Å². The number of aromatic amines is 1. The van der Waals surface area contributed by atoms with Crippen LogP contribution in [0.4, 0.5) is 10.8 Å². The number of β-amino-alcohol motifs (C(OH)–C–C–N with tert-alkyl or cyclic N) is 1. The van der Waals surface area contributed by atoms with Crippen LogP contribution < -0.4 is 10.2 Å². The van der Waals surface area contributed by atoms with Gasteiger partial charge in [-0.15, -0.1) is 11.3 Å². The van der Waals surface area contributed by atoms with Crippen molar-refractivity contribution in [3.05, 3.63) is 53.8 Å². The van der Waals surface area contributed by atoms with Crippen molar-refractivity contribution in [2.75, 3.05) is 49.2 Å². The summed E-state index contributed by atoms with van der Waals surface area (Å²) in [6.07, 6.45) is 10.1. The van der Waals surface area contributed by atoms with Gasteiger partial charge in [0.2, 0.25) is 0 Å². The lowest BCUT2D eigenvalue weighted by Crippen LogP contribution is -2.43. The number of fused-ring (bicyclic) bond motifs is 1. The summed E-state index contributed by atoms with van der Waals surface area (Å²) in [5, 5.41) is 26.7. The summed E-state index contributed by atoms with van der Waals surface area (Å²) >= 11 is 3.66. The number of hydrogen-bond acceptors (Lipinski definition) is 10. The number of anilines is 2. The van der Waals surface area contributed by atoms with Crippen LogP contribution in [0.3, 0.4) is 0 Å². The first kappa shape index (κ1) is 28.1. The van der Waals surface area contributed by atoms with Gasteiger partial charge in [0.15, 0.2) is 11.4 Å². The number of hydrogen-bond donors (Lipinski definition) is 3. The predicted octanol–water partition coefficient (Wildman–Crippen LogP) is 5.00. The first-order chi connectivity index (χ1) is 20.5. The average molecular weight is 606 g/mol. The summed E-state index contributed by atoms with van der Waals surface area (Å²) in [7, 11) is 0. The number of thiazole rings is 1. The van der Waals surface area contributed by atoms with Crippen molar-refractivity contribution >= 4 is 44.8 Å². The Morgan fingerprint density at radius 3 is 2.86 bits per heavy atom. The van der Waals surface area contributed by atoms with E-state index in [1.807, 2.05) is 42.5 Å². The number of piperidine rings is 1. The van der Waals surface area contributed by atoms with Gasteiger partial charge in [-0.3, -0.25) is 15.0 Å². The third kappa shape index (κ3) is 5.90. The monoisotopic (exact) mass is 605 g/mol. The molecule has 3 aliphatic rings. The van der Waals surface area contributed by atoms with Crippen LogP contribution in [-0.4, -0.2) is 92.3 Å². The van der Waals surface area contributed by atoms with Gasteiger partial charge in [0, 0.05) is 71.0 Å². The summed E-state index contributed by atoms with van der Waals surface area (Å²) in [5.74, 6) is 0.363. The number of H-pyrrole nitrogens is 1. The van der Waals surface area contributed by atoms with Gasteiger partial charge in [-0.25, -0.2) is 4.98 Å². The molecule has 6 heterocycles. The minimum atomic E-state index is -0.272. The third-order valence-electron chi connectivity index (χ3n) is 9.24. The Balaban J connectivity index is 0.921. The predicted molar refractivity (Wildman–Crippen MR) is 171 cm³/mol. The normalized spacial score (nSPS) is 25.7. The lowest BCUT2D eigenvalue weighted by Gasteiger charge is -2.35. The number of aromatic nitrogens is 4. The highest BCUT2D eigenvalue weighted by atomic mass is 32.2. The van der Waals surface area contributed by atoms with Crippen molar-refractivity contribution in [3.8, 4) is 11.3 Å². The molecule has 0 amide bonds. The van der Waals surface area contributed by atoms with Crippen LogP contribution in [0.5, 0.6) is 0 Å². The Morgan fingerprint density at radius 2 is 2.07 bits per heavy atom. The number of benzene rings is 1. The molecule has 3 saturated heterocycles. The molecule has 0 bridgehead atoms. The molecule has 3 N–H and O–H groups in total. The molecule has 0 saturated carbocycles. The second-order valence-corrected chi connectivity index (χ2v) is 14.2. The van der Waals surface area contributed by atoms with E-state index in [1.54, 1.807) is 11.3 Å². The van der Waals surface area contributed by atoms with Crippen molar-refractivity contribution in [2.24, 2.45) is 5.92 Å². The van der Waals surface area contributed by atoms with Crippen molar-refractivity contribution < 1.29 is 9.84 Å². The number of nitrogens with zero attached hydrogens (tertiary/aromatic N) is 5. The highest BCUT2D eigenvalue weighted by Gasteiger charge is 2.48. The standard InChI is InChI=1S/C31H39N7O2S2/c1-20-15-22(5-9-32-20)28-24-16-23(3-4-25(24)35-36-28)34-29-27(40-29)17-31(41-2)8-13-37(19-31)18-26(39)21-6-11-38(12-7-21)30-33-10-14-42-30/h3-5,9-10,14-16,21,26-27,29,34,39H,6-8,11-13,17-19H2,1-2H3,(H,35,36). The van der Waals surface area contributed by atoms with Crippen LogP contribution in [0.15, 0.2) is 48.1 Å². The number of aliphatic hydroxyl groups is 1. The number of ether oxygens (including phenoxy) is 1. The van der Waals surface area contributed by atoms with E-state index in [0.717, 1.165) is 97.1 Å². The molecule has 0 aliphatic carbocycles. The van der Waals surface area contributed by atoms with E-state index in [2.05, 4.69) is 65.8 Å². The molecule has 3 fully saturated rings. The maximum absolute atomic E-state index is 11.1. The Kier molecular flexibility index (Phi) is 7.87. The number of aliphatic hydroxyl groups excluding tert-OH is 1. The molecule has 0 spiro atoms. The zero-order valence-electron chi connectivity index (χ0n) is 24.2. The van der Waals surface area contributed by atoms with E-state index in [9.17, 15) is 5.11 Å². The number of aryl methyl sites for hydroxylation is 1. The van der Waals surface area contributed by atoms with E-state index in [1.165, 1.54) is 0 Å². The minimum Gasteiger partial charge on any atom is -0.392 e. The molecule has 4 atom stereocenters. The van der Waals surface area contributed by atoms with Gasteiger partial charge in [-0.2, -0.15) is 16.9 Å². The van der Waals surface area contributed by atoms with Crippen LogP contribution in [0, 0.1) is 12.8 Å². The fourth-order valence-corrected chi connectivity index (χ4v) is 8.37. The topological polar surface area (TPSA) is 106 Å². The molecule has 42 heavy (non-hydrogen) atoms. The zero-order chi connectivity index (χ0) is 28.7. The fourth-order valence-electron chi connectivity index (χ4n) is 6.73. The van der Waals surface area contributed by atoms with Crippen molar-refractivity contribution in [1.29, 1.82) is 0 Å². The second-order valence-electron chi connectivity index (χ2n) is 12.0. The average Bonchev–Trinajstić information content (AvgIpc) is 3.42. The second kappa shape index (κ2) is 11.8. The maximum Gasteiger partial charge on any atom is 0.185 e. The first-order valence-electron chi connectivity index (χ1n) is 14.9. The smallest absolute Gasteiger partial charge is 0.185 e. The minimum absolute atomic E-state index is 0.0210. The van der Waals surface area contributed by atoms with Crippen LogP contribution in [0.2, 0.25) is 0 Å². The highest BCUT2D eigenvalue weighted by Crippen LogP contribution is 2.43. The van der Waals surface area contributed by atoms with E-state index in [-0.39, 0.29) is 23.2 Å². The van der Waals surface area contributed by atoms with E-state index < -0.39 is 0 Å². The largest absolute Gasteiger partial charge is 0.392 e. The van der Waals surface area contributed by atoms with Crippen molar-refractivity contribution in [2.45, 2.75) is 55.8 Å². The first-order valence-corrected chi connectivity index (χ1v) is 17.0. The summed E-state index contributed by atoms with van der Waals surface area (Å²) in [4.78, 5) is 13.6. The molecule has 11 heteroatoms. The SMILES string of the molecule is CSC1(CC2OC2Nc2ccc3[nH]nc(-c4ccnc(C)c4)c3c2)CCN(CC(O)C2CCN(c3nccs3)CC2)C1. The molecular formula is C31H39N7O2S2. The van der Waals surface area contributed by atoms with E-state index in [0.29, 0.717) is 5.92 Å². The Labute approximate surface area is 255 Å². The molecule has 9 nitrogen and oxygen atoms in total. The molecule has 4 aromatic rings. The summed E-state index contributed by atoms with van der Waals surface area (Å²) < 4.78 is 6.32. The lowest BCUT2D eigenvalue weighted by atomic mass is 9.91. The van der Waals surface area contributed by atoms with Gasteiger partial charge >= 0.3 is 0 Å². The van der Waals surface area contributed by atoms with Crippen LogP contribution >= 0.6 is 23.1 Å². The van der Waals surface area contributed by atoms with Gasteiger partial charge < -0.3 is 20.1 Å². The summed E-state index contributed by atoms with van der Waals surface area (Å²) in [6.45, 7) is 6.77. The van der Waals surface area contributed by atoms with Crippen molar-refractivity contribution in [3.63, 3.8) is 0 Å². The number of pyridine rings is 1. The molecule has 3 aliphatic heterocycles. The van der Waals surface area contributed by atoms with Crippen LogP contribution in [-0.2, 0) is 4.74 Å². The summed E-state index contributed by atoms with van der Waals surface area (Å²) in [5.41, 5.74) is 5.02. The molecule has 3 aromatic heterocycles. The number of epoxide rings is 1. The van der Waals surface area contributed by atoms with Crippen LogP contribution in [0.25, 0.3) is 22.2 Å². The van der Waals surface area contributed by atoms with Gasteiger partial charge in [0.05, 0.1) is 11.6 Å². The van der Waals surface area contributed by atoms with Crippen molar-refractivity contribution in [1.82, 2.24) is 25.1 Å². The van der Waals surface area contributed by atoms with Gasteiger partial charge in [0.25, 0.3) is 0 Å². The molecule has 7 rings (SSSR count). The molecule has 4 unspecified atom stereocenters. The van der Waals surface area contributed by atoms with Gasteiger partial charge in [-0.05, 0) is 81.7 Å². The Morgan fingerprint density at radius 1 is 1.19 bits per heavy atom. The summed E-state index contributed by atoms with van der Waals surface area (Å²) in [6, 6.07) is 10.4. The van der Waals surface area contributed by atoms with Gasteiger partial charge in [0.1, 0.15) is 11.8 Å². The van der Waals surface area contributed by atoms with E-state index in [4.69, 9.17) is 4.74 Å². The molecule has 1 aromatic carbocycles. The number of thioether (sulfide) groups is 1. The maximum atomic E-state index is 11.1. The molecule has 0 radical (unpaired) electrons. The quantitative estimate of drug-likeness (QED) is 0.215. The fraction of sp³-hybridized carbons (Fsp3) is 0.516. The highest BCUT2D eigenvalue weighted by molar-refractivity contribution is 8.00. The zero-order valence-corrected chi connectivity index (χ0v) is 25.8. The lowest BCUT2D eigenvalue weighted by molar-refractivity contribution is 0.0596. The Bertz CT molecular complexity index is 1510. The third-order valence-corrected chi connectivity index (χ3v) is 11.4. The molecular weight excluding hydrogens is 567 g/mol. The Hall–Kier alpha value is -2.70.